The summed E-state index contributed by atoms with van der Waals surface area (Å²) < 4.78 is 40.4. The van der Waals surface area contributed by atoms with Crippen LogP contribution >= 0.6 is 11.8 Å². The molecule has 13 nitrogen and oxygen atoms in total. The Bertz CT molecular complexity index is 2480. The number of fused-ring (bicyclic) bond motifs is 4. The van der Waals surface area contributed by atoms with E-state index >= 15 is 4.79 Å². The van der Waals surface area contributed by atoms with Crippen molar-refractivity contribution in [1.82, 2.24) is 0 Å². The predicted octanol–water partition coefficient (Wildman–Crippen LogP) is 6.99. The molecule has 11 atom stereocenters. The van der Waals surface area contributed by atoms with Crippen LogP contribution in [0.2, 0.25) is 0 Å². The lowest BCUT2D eigenvalue weighted by atomic mass is 9.49. The zero-order valence-electron chi connectivity index (χ0n) is 38.5. The lowest BCUT2D eigenvalue weighted by molar-refractivity contribution is -0.277. The predicted molar refractivity (Wildman–Crippen MR) is 246 cm³/mol. The maximum Gasteiger partial charge on any atom is 0.333 e. The largest absolute Gasteiger partial charge is 0.482 e. The number of carbonyl (C=O) groups is 2. The highest BCUT2D eigenvalue weighted by Gasteiger charge is 2.83. The number of allylic oxidation sites excluding steroid dienone is 4. The smallest absolute Gasteiger partial charge is 0.333 e. The first-order chi connectivity index (χ1) is 30.8. The first kappa shape index (κ1) is 45.7. The third-order valence-electron chi connectivity index (χ3n) is 14.4. The molecular formula is C51H61NO12S. The number of rotatable bonds is 11. The fraction of sp³-hybridized carbons (Fsp3) is 0.529. The summed E-state index contributed by atoms with van der Waals surface area (Å²) in [6.45, 7) is 15.2. The zero-order valence-corrected chi connectivity index (χ0v) is 39.3. The molecule has 5 N–H and O–H groups in total. The molecule has 1 spiro atoms. The molecule has 2 aromatic rings. The van der Waals surface area contributed by atoms with Gasteiger partial charge in [-0.25, -0.2) is 4.79 Å². The summed E-state index contributed by atoms with van der Waals surface area (Å²) in [5.41, 5.74) is 1.90. The molecule has 3 aliphatic carbocycles. The lowest BCUT2D eigenvalue weighted by Gasteiger charge is -2.61. The Morgan fingerprint density at radius 3 is 2.42 bits per heavy atom. The van der Waals surface area contributed by atoms with E-state index in [-0.39, 0.29) is 23.9 Å². The monoisotopic (exact) mass is 911 g/mol. The molecule has 65 heavy (non-hydrogen) atoms. The Balaban J connectivity index is 1.38. The molecule has 5 aliphatic heterocycles. The Morgan fingerprint density at radius 1 is 0.969 bits per heavy atom. The first-order valence-corrected chi connectivity index (χ1v) is 23.5. The van der Waals surface area contributed by atoms with Gasteiger partial charge in [-0.15, -0.1) is 11.8 Å². The van der Waals surface area contributed by atoms with E-state index < -0.39 is 76.9 Å². The van der Waals surface area contributed by atoms with E-state index in [0.29, 0.717) is 58.7 Å². The number of esters is 1. The average Bonchev–Trinajstić information content (AvgIpc) is 3.34. The maximum atomic E-state index is 15.7. The standard InChI is InChI=1S/C51H61NO12S/c1-25(2)13-12-20-49(8)21-19-29-41(62-49)28(17-16-26(3)4)43-35(42(29)61-47-40(56)39(55)38(54)32(24-53)60-47)37-36-44(65-33-15-11-10-14-31(33)52-37)30-23-34-48(6,7)64-50(45(30)57,51(34,36)63-43)22-18-27(5)46(58)59-9/h10-11,13-16,18-19,21,30,32,34,38-40,44,47,52-56H,12,17,20,22-24H2,1-9H3/b27-18-/t30?,32-,34?,38-,39+,40-,44?,47+,49?,50?,51?/m1/s1. The molecule has 8 aliphatic rings. The Morgan fingerprint density at radius 2 is 1.71 bits per heavy atom. The van der Waals surface area contributed by atoms with Gasteiger partial charge in [0, 0.05) is 45.1 Å². The number of methoxy groups -OCH3 is 1. The summed E-state index contributed by atoms with van der Waals surface area (Å²) in [7, 11) is 1.33. The van der Waals surface area contributed by atoms with Gasteiger partial charge < -0.3 is 54.2 Å². The van der Waals surface area contributed by atoms with Gasteiger partial charge in [0.25, 0.3) is 0 Å². The molecule has 5 heterocycles. The number of hydrogen-bond acceptors (Lipinski definition) is 14. The van der Waals surface area contributed by atoms with Crippen LogP contribution in [-0.2, 0) is 30.2 Å². The number of aliphatic hydroxyl groups excluding tert-OH is 4. The van der Waals surface area contributed by atoms with E-state index in [1.807, 2.05) is 71.0 Å². The van der Waals surface area contributed by atoms with Crippen LogP contribution in [0.1, 0.15) is 97.8 Å². The number of Topliss-reactive ketones (excluding diaryl/α,β-unsaturated/α-hetero) is 1. The van der Waals surface area contributed by atoms with Gasteiger partial charge in [-0.2, -0.15) is 0 Å². The fourth-order valence-electron chi connectivity index (χ4n) is 11.2. The summed E-state index contributed by atoms with van der Waals surface area (Å²) in [6, 6.07) is 7.95. The Hall–Kier alpha value is -4.41. The zero-order chi connectivity index (χ0) is 46.5. The van der Waals surface area contributed by atoms with Crippen molar-refractivity contribution in [3.05, 3.63) is 87.6 Å². The molecule has 0 amide bonds. The quantitative estimate of drug-likeness (QED) is 0.0884. The van der Waals surface area contributed by atoms with Gasteiger partial charge in [-0.3, -0.25) is 4.79 Å². The van der Waals surface area contributed by atoms with Crippen molar-refractivity contribution in [3.63, 3.8) is 0 Å². The van der Waals surface area contributed by atoms with Crippen molar-refractivity contribution in [1.29, 1.82) is 0 Å². The number of nitrogens with one attached hydrogen (secondary N) is 1. The molecule has 4 bridgehead atoms. The second kappa shape index (κ2) is 16.4. The van der Waals surface area contributed by atoms with Gasteiger partial charge in [0.2, 0.25) is 6.29 Å². The third-order valence-corrected chi connectivity index (χ3v) is 15.9. The van der Waals surface area contributed by atoms with Crippen LogP contribution in [0.5, 0.6) is 17.2 Å². The molecule has 3 saturated carbocycles. The molecule has 2 saturated heterocycles. The van der Waals surface area contributed by atoms with Gasteiger partial charge in [0.05, 0.1) is 41.8 Å². The summed E-state index contributed by atoms with van der Waals surface area (Å²) >= 11 is 1.61. The molecule has 14 heteroatoms. The minimum Gasteiger partial charge on any atom is -0.482 e. The molecular weight excluding hydrogens is 851 g/mol. The highest BCUT2D eigenvalue weighted by molar-refractivity contribution is 8.00. The van der Waals surface area contributed by atoms with Crippen molar-refractivity contribution < 1.29 is 58.4 Å². The molecule has 5 fully saturated rings. The number of para-hydroxylation sites is 1. The average molecular weight is 912 g/mol. The van der Waals surface area contributed by atoms with Crippen LogP contribution in [-0.4, -0.2) is 104 Å². The van der Waals surface area contributed by atoms with Crippen LogP contribution < -0.4 is 19.5 Å². The first-order valence-electron chi connectivity index (χ1n) is 22.6. The van der Waals surface area contributed by atoms with Crippen molar-refractivity contribution in [2.75, 3.05) is 19.0 Å². The number of anilines is 1. The van der Waals surface area contributed by atoms with Crippen LogP contribution in [0, 0.1) is 11.8 Å². The number of hydrogen-bond donors (Lipinski definition) is 5. The van der Waals surface area contributed by atoms with Gasteiger partial charge in [0.15, 0.2) is 17.0 Å². The van der Waals surface area contributed by atoms with Gasteiger partial charge in [0.1, 0.15) is 47.3 Å². The van der Waals surface area contributed by atoms with Crippen LogP contribution in [0.25, 0.3) is 11.8 Å². The number of benzene rings is 2. The Kier molecular flexibility index (Phi) is 11.6. The number of thioether (sulfide) groups is 1. The van der Waals surface area contributed by atoms with Crippen LogP contribution in [0.3, 0.4) is 0 Å². The van der Waals surface area contributed by atoms with Gasteiger partial charge >= 0.3 is 5.97 Å². The normalized spacial score (nSPS) is 34.4. The minimum absolute atomic E-state index is 0.0315. The molecule has 10 rings (SSSR count). The van der Waals surface area contributed by atoms with Crippen LogP contribution in [0.15, 0.2) is 75.8 Å². The Labute approximate surface area is 384 Å². The molecule has 0 aromatic heterocycles. The highest BCUT2D eigenvalue weighted by atomic mass is 32.2. The number of ketones is 1. The molecule has 6 unspecified atom stereocenters. The second-order valence-corrected chi connectivity index (χ2v) is 21.0. The van der Waals surface area contributed by atoms with E-state index in [0.717, 1.165) is 28.1 Å². The van der Waals surface area contributed by atoms with Crippen molar-refractivity contribution in [2.24, 2.45) is 11.8 Å². The summed E-state index contributed by atoms with van der Waals surface area (Å²) in [5.74, 6) is -0.391. The van der Waals surface area contributed by atoms with Crippen LogP contribution in [0.4, 0.5) is 5.69 Å². The van der Waals surface area contributed by atoms with Gasteiger partial charge in [-0.05, 0) is 105 Å². The molecule has 0 radical (unpaired) electrons. The molecule has 348 valence electrons. The summed E-state index contributed by atoms with van der Waals surface area (Å²) in [5, 5.41) is 47.1. The summed E-state index contributed by atoms with van der Waals surface area (Å²) in [6.07, 6.45) is 4.40. The second-order valence-electron chi connectivity index (χ2n) is 19.8. The maximum absolute atomic E-state index is 15.7. The SMILES string of the molecule is COC(=O)/C(C)=C\CC12OC(C)(C)C3CC(C1=O)C1Sc4ccccc4NC4=C1C32Oc1c(CC=C(C)C)c2c(c(O[C@@H]3O[C@H](CO)[C@@H](O)[C@H](O)[C@H]3O)c14)C=CC(C)(CCC=C(C)C)O2. The lowest BCUT2D eigenvalue weighted by Crippen LogP contribution is -2.75. The summed E-state index contributed by atoms with van der Waals surface area (Å²) in [4.78, 5) is 29.5. The van der Waals surface area contributed by atoms with E-state index in [4.69, 9.17) is 28.4 Å². The van der Waals surface area contributed by atoms with Crippen molar-refractivity contribution in [3.8, 4) is 17.2 Å². The van der Waals surface area contributed by atoms with E-state index in [1.54, 1.807) is 24.8 Å². The van der Waals surface area contributed by atoms with E-state index in [1.165, 1.54) is 12.7 Å². The van der Waals surface area contributed by atoms with Crippen molar-refractivity contribution >= 4 is 41.0 Å². The number of aliphatic hydroxyl groups is 4. The minimum atomic E-state index is -1.73. The van der Waals surface area contributed by atoms with Gasteiger partial charge in [-0.1, -0.05) is 41.5 Å². The van der Waals surface area contributed by atoms with Crippen molar-refractivity contribution in [2.45, 2.75) is 151 Å². The number of ether oxygens (including phenoxy) is 6. The fourth-order valence-corrected chi connectivity index (χ4v) is 12.7. The van der Waals surface area contributed by atoms with E-state index in [2.05, 4.69) is 31.3 Å². The third kappa shape index (κ3) is 7.04. The molecule has 2 aromatic carbocycles. The number of carbonyl (C=O) groups excluding carboxylic acids is 2. The van der Waals surface area contributed by atoms with E-state index in [9.17, 15) is 25.2 Å². The topological polar surface area (TPSA) is 182 Å². The highest BCUT2D eigenvalue weighted by Crippen LogP contribution is 2.73.